The molecular weight excluding hydrogens is 610 g/mol. The molecule has 258 valence electrons. The maximum atomic E-state index is 14.0. The number of anilines is 1. The van der Waals surface area contributed by atoms with Crippen molar-refractivity contribution in [2.24, 2.45) is 11.8 Å². The molecule has 4 atom stereocenters. The van der Waals surface area contributed by atoms with Crippen molar-refractivity contribution in [2.75, 3.05) is 33.8 Å². The van der Waals surface area contributed by atoms with Crippen molar-refractivity contribution in [3.63, 3.8) is 0 Å². The maximum Gasteiger partial charge on any atom is 0.243 e. The second kappa shape index (κ2) is 15.9. The van der Waals surface area contributed by atoms with Crippen LogP contribution in [-0.4, -0.2) is 46.3 Å². The summed E-state index contributed by atoms with van der Waals surface area (Å²) in [6.45, 7) is 9.59. The summed E-state index contributed by atoms with van der Waals surface area (Å²) < 4.78 is 22.5. The van der Waals surface area contributed by atoms with Crippen molar-refractivity contribution in [2.45, 2.75) is 72.0 Å². The number of ether oxygens (including phenoxy) is 4. The molecule has 4 rings (SSSR count). The highest BCUT2D eigenvalue weighted by atomic mass is 16.5. The third-order valence-corrected chi connectivity index (χ3v) is 9.16. The van der Waals surface area contributed by atoms with Crippen molar-refractivity contribution >= 4 is 17.5 Å². The Morgan fingerprint density at radius 2 is 1.58 bits per heavy atom. The van der Waals surface area contributed by atoms with Gasteiger partial charge in [-0.3, -0.25) is 14.4 Å². The molecule has 10 nitrogen and oxygen atoms in total. The molecule has 0 spiro atoms. The van der Waals surface area contributed by atoms with Crippen molar-refractivity contribution in [3.05, 3.63) is 75.4 Å². The van der Waals surface area contributed by atoms with Gasteiger partial charge in [0.25, 0.3) is 0 Å². The Labute approximate surface area is 283 Å². The van der Waals surface area contributed by atoms with E-state index in [0.717, 1.165) is 22.4 Å². The van der Waals surface area contributed by atoms with Gasteiger partial charge < -0.3 is 34.9 Å². The number of methoxy groups -OCH3 is 4. The van der Waals surface area contributed by atoms with E-state index < -0.39 is 12.1 Å². The Hall–Kier alpha value is -4.73. The van der Waals surface area contributed by atoms with Gasteiger partial charge in [-0.25, -0.2) is 0 Å². The summed E-state index contributed by atoms with van der Waals surface area (Å²) in [6, 6.07) is 13.3. The summed E-state index contributed by atoms with van der Waals surface area (Å²) in [5, 5.41) is 9.59. The molecule has 3 aromatic rings. The minimum atomic E-state index is -0.693. The van der Waals surface area contributed by atoms with Crippen LogP contribution in [0.15, 0.2) is 53.3 Å². The molecule has 0 aliphatic heterocycles. The third kappa shape index (κ3) is 7.69. The van der Waals surface area contributed by atoms with E-state index in [9.17, 15) is 14.4 Å². The number of rotatable bonds is 13. The lowest BCUT2D eigenvalue weighted by atomic mass is 9.93. The molecule has 0 fully saturated rings. The van der Waals surface area contributed by atoms with Crippen LogP contribution in [0.5, 0.6) is 23.0 Å². The Kier molecular flexibility index (Phi) is 12.0. The van der Waals surface area contributed by atoms with Gasteiger partial charge in [-0.1, -0.05) is 52.3 Å². The molecule has 4 unspecified atom stereocenters. The summed E-state index contributed by atoms with van der Waals surface area (Å²) in [5.74, 6) is 1.77. The van der Waals surface area contributed by atoms with E-state index in [1.54, 1.807) is 40.6 Å². The zero-order valence-corrected chi connectivity index (χ0v) is 29.5. The van der Waals surface area contributed by atoms with E-state index in [4.69, 9.17) is 18.9 Å². The van der Waals surface area contributed by atoms with Crippen LogP contribution in [0.2, 0.25) is 0 Å². The SMILES string of the molecule is CCC(C)C(Nc1ccc2c(cc1=O)C(NC(C)=O)CCc1cc(OC)c(OC)c(OC)c1-2)C(=O)NC(c1ccc(OC)cc1)C(C)C. The van der Waals surface area contributed by atoms with Crippen LogP contribution < -0.4 is 40.3 Å². The highest BCUT2D eigenvalue weighted by molar-refractivity contribution is 5.86. The number of carbonyl (C=O) groups is 2. The largest absolute Gasteiger partial charge is 0.497 e. The topological polar surface area (TPSA) is 124 Å². The van der Waals surface area contributed by atoms with Crippen LogP contribution in [0.4, 0.5) is 5.69 Å². The number of amides is 2. The zero-order valence-electron chi connectivity index (χ0n) is 29.5. The average Bonchev–Trinajstić information content (AvgIpc) is 3.32. The van der Waals surface area contributed by atoms with Gasteiger partial charge in [0.15, 0.2) is 11.5 Å². The van der Waals surface area contributed by atoms with E-state index in [0.29, 0.717) is 47.6 Å². The van der Waals surface area contributed by atoms with Crippen LogP contribution >= 0.6 is 0 Å². The highest BCUT2D eigenvalue weighted by Crippen LogP contribution is 2.50. The summed E-state index contributed by atoms with van der Waals surface area (Å²) in [5.41, 5.74) is 3.99. The molecule has 0 heterocycles. The molecule has 2 amide bonds. The van der Waals surface area contributed by atoms with Crippen LogP contribution in [0.1, 0.15) is 76.2 Å². The van der Waals surface area contributed by atoms with E-state index in [1.807, 2.05) is 50.2 Å². The Morgan fingerprint density at radius 1 is 0.896 bits per heavy atom. The second-order valence-electron chi connectivity index (χ2n) is 12.6. The molecule has 1 aliphatic rings. The normalized spacial score (nSPS) is 15.5. The highest BCUT2D eigenvalue weighted by Gasteiger charge is 2.31. The van der Waals surface area contributed by atoms with E-state index in [-0.39, 0.29) is 40.8 Å². The smallest absolute Gasteiger partial charge is 0.243 e. The first kappa shape index (κ1) is 36.1. The Morgan fingerprint density at radius 3 is 2.15 bits per heavy atom. The second-order valence-corrected chi connectivity index (χ2v) is 12.6. The summed E-state index contributed by atoms with van der Waals surface area (Å²) in [4.78, 5) is 40.4. The third-order valence-electron chi connectivity index (χ3n) is 9.16. The standard InChI is InChI=1S/C38H49N3O7/c1-10-22(4)35(38(44)41-34(21(2)3)24-11-14-26(45-6)15-12-24)40-30-18-16-27-28(20-31(30)43)29(39-23(5)42)17-13-25-19-32(46-7)36(47-8)37(48-9)33(25)27/h11-12,14-16,18-22,29,34-35H,10,13,17H2,1-9H3,(H,39,42)(H,40,43)(H,41,44). The number of hydrogen-bond acceptors (Lipinski definition) is 8. The van der Waals surface area contributed by atoms with Gasteiger partial charge in [-0.15, -0.1) is 0 Å². The van der Waals surface area contributed by atoms with Gasteiger partial charge in [0.2, 0.25) is 23.0 Å². The lowest BCUT2D eigenvalue weighted by molar-refractivity contribution is -0.124. The minimum Gasteiger partial charge on any atom is -0.497 e. The lowest BCUT2D eigenvalue weighted by Gasteiger charge is -2.29. The van der Waals surface area contributed by atoms with Gasteiger partial charge in [0.1, 0.15) is 11.8 Å². The summed E-state index contributed by atoms with van der Waals surface area (Å²) >= 11 is 0. The quantitative estimate of drug-likeness (QED) is 0.198. The van der Waals surface area contributed by atoms with Crippen molar-refractivity contribution in [1.29, 1.82) is 0 Å². The van der Waals surface area contributed by atoms with Gasteiger partial charge in [0.05, 0.1) is 46.2 Å². The molecule has 1 aliphatic carbocycles. The van der Waals surface area contributed by atoms with E-state index in [1.165, 1.54) is 6.92 Å². The number of carbonyl (C=O) groups excluding carboxylic acids is 2. The van der Waals surface area contributed by atoms with Gasteiger partial charge in [0, 0.05) is 12.5 Å². The predicted molar refractivity (Wildman–Crippen MR) is 188 cm³/mol. The fourth-order valence-electron chi connectivity index (χ4n) is 6.39. The molecule has 0 aromatic heterocycles. The molecule has 0 bridgehead atoms. The lowest BCUT2D eigenvalue weighted by Crippen LogP contribution is -2.46. The van der Waals surface area contributed by atoms with Crippen LogP contribution in [0, 0.1) is 11.8 Å². The van der Waals surface area contributed by atoms with Crippen LogP contribution in [-0.2, 0) is 16.0 Å². The van der Waals surface area contributed by atoms with Crippen molar-refractivity contribution < 1.29 is 28.5 Å². The van der Waals surface area contributed by atoms with Gasteiger partial charge in [-0.2, -0.15) is 0 Å². The average molecular weight is 660 g/mol. The Bertz CT molecular complexity index is 1670. The number of aryl methyl sites for hydroxylation is 1. The monoisotopic (exact) mass is 659 g/mol. The zero-order chi connectivity index (χ0) is 35.1. The first-order chi connectivity index (χ1) is 23.0. The Balaban J connectivity index is 1.81. The molecular formula is C38H49N3O7. The molecule has 3 aromatic carbocycles. The number of nitrogens with one attached hydrogen (secondary N) is 3. The molecule has 48 heavy (non-hydrogen) atoms. The first-order valence-electron chi connectivity index (χ1n) is 16.5. The van der Waals surface area contributed by atoms with Crippen LogP contribution in [0.3, 0.4) is 0 Å². The molecule has 3 N–H and O–H groups in total. The van der Waals surface area contributed by atoms with Gasteiger partial charge >= 0.3 is 0 Å². The summed E-state index contributed by atoms with van der Waals surface area (Å²) in [6.07, 6.45) is 1.85. The number of benzene rings is 2. The molecule has 0 saturated heterocycles. The first-order valence-corrected chi connectivity index (χ1v) is 16.5. The number of hydrogen-bond donors (Lipinski definition) is 3. The van der Waals surface area contributed by atoms with Crippen LogP contribution in [0.25, 0.3) is 11.1 Å². The maximum absolute atomic E-state index is 14.0. The predicted octanol–water partition coefficient (Wildman–Crippen LogP) is 6.21. The van der Waals surface area contributed by atoms with E-state index in [2.05, 4.69) is 29.8 Å². The molecule has 0 radical (unpaired) electrons. The minimum absolute atomic E-state index is 0.0962. The van der Waals surface area contributed by atoms with Crippen molar-refractivity contribution in [1.82, 2.24) is 10.6 Å². The fraction of sp³-hybridized carbons (Fsp3) is 0.447. The molecule has 0 saturated carbocycles. The summed E-state index contributed by atoms with van der Waals surface area (Å²) in [7, 11) is 6.30. The molecule has 10 heteroatoms. The fourth-order valence-corrected chi connectivity index (χ4v) is 6.39. The number of fused-ring (bicyclic) bond motifs is 3. The van der Waals surface area contributed by atoms with Gasteiger partial charge in [-0.05, 0) is 77.3 Å². The van der Waals surface area contributed by atoms with E-state index >= 15 is 0 Å². The van der Waals surface area contributed by atoms with Crippen molar-refractivity contribution in [3.8, 4) is 34.1 Å².